The third kappa shape index (κ3) is 5.17. The summed E-state index contributed by atoms with van der Waals surface area (Å²) in [5, 5.41) is 4.53. The van der Waals surface area contributed by atoms with E-state index in [-0.39, 0.29) is 12.7 Å². The molecule has 0 radical (unpaired) electrons. The van der Waals surface area contributed by atoms with Crippen LogP contribution in [0.25, 0.3) is 11.1 Å². The number of carbonyl (C=O) groups is 1. The van der Waals surface area contributed by atoms with Crippen LogP contribution in [0.3, 0.4) is 0 Å². The van der Waals surface area contributed by atoms with Crippen LogP contribution in [0.1, 0.15) is 18.4 Å². The third-order valence-electron chi connectivity index (χ3n) is 4.48. The first-order valence-corrected chi connectivity index (χ1v) is 9.61. The van der Waals surface area contributed by atoms with Gasteiger partial charge in [0.25, 0.3) is 0 Å². The summed E-state index contributed by atoms with van der Waals surface area (Å²) >= 11 is 6.31. The number of amidine groups is 1. The Labute approximate surface area is 174 Å². The molecular formula is C21H23ClFN3O3. The van der Waals surface area contributed by atoms with Gasteiger partial charge in [0.05, 0.1) is 6.10 Å². The number of benzene rings is 2. The van der Waals surface area contributed by atoms with E-state index in [9.17, 15) is 9.18 Å². The smallest absolute Gasteiger partial charge is 0.214 e. The molecule has 1 amide bonds. The van der Waals surface area contributed by atoms with Gasteiger partial charge < -0.3 is 19.8 Å². The van der Waals surface area contributed by atoms with Crippen LogP contribution in [0.2, 0.25) is 5.02 Å². The summed E-state index contributed by atoms with van der Waals surface area (Å²) < 4.78 is 26.4. The van der Waals surface area contributed by atoms with Crippen molar-refractivity contribution >= 4 is 23.8 Å². The molecule has 2 aromatic carbocycles. The van der Waals surface area contributed by atoms with Crippen molar-refractivity contribution in [2.75, 3.05) is 20.7 Å². The van der Waals surface area contributed by atoms with Crippen LogP contribution in [0, 0.1) is 12.7 Å². The van der Waals surface area contributed by atoms with Crippen LogP contribution >= 0.6 is 11.6 Å². The summed E-state index contributed by atoms with van der Waals surface area (Å²) in [5.41, 5.74) is 4.25. The molecule has 0 aromatic heterocycles. The van der Waals surface area contributed by atoms with Gasteiger partial charge in [0.1, 0.15) is 23.9 Å². The fourth-order valence-corrected chi connectivity index (χ4v) is 2.86. The predicted molar refractivity (Wildman–Crippen MR) is 111 cm³/mol. The van der Waals surface area contributed by atoms with Crippen molar-refractivity contribution in [2.24, 2.45) is 5.10 Å². The summed E-state index contributed by atoms with van der Waals surface area (Å²) in [6.07, 6.45) is 2.85. The number of hydrogen-bond acceptors (Lipinski definition) is 5. The average Bonchev–Trinajstić information content (AvgIpc) is 3.52. The fourth-order valence-electron chi connectivity index (χ4n) is 2.69. The van der Waals surface area contributed by atoms with Crippen LogP contribution in [0.5, 0.6) is 11.5 Å². The monoisotopic (exact) mass is 419 g/mol. The Balaban J connectivity index is 1.96. The Morgan fingerprint density at radius 2 is 2.10 bits per heavy atom. The molecule has 0 unspecified atom stereocenters. The number of likely N-dealkylation sites (N-methyl/N-ethyl adjacent to an activating group) is 1. The standard InChI is InChI=1S/C21H23ClFN3O3/c1-13-8-20(28-11-21(25-24-2)26(3)12-27)17(10-18(13)22)16-9-15(6-7-19(16)23)29-14-4-5-14/h6-10,12,14,24H,4-5,11H2,1-3H3/b25-21-. The second-order valence-corrected chi connectivity index (χ2v) is 7.22. The van der Waals surface area contributed by atoms with E-state index in [2.05, 4.69) is 10.5 Å². The molecule has 1 aliphatic rings. The maximum atomic E-state index is 14.7. The lowest BCUT2D eigenvalue weighted by atomic mass is 10.0. The van der Waals surface area contributed by atoms with Crippen molar-refractivity contribution in [1.82, 2.24) is 10.3 Å². The summed E-state index contributed by atoms with van der Waals surface area (Å²) in [6, 6.07) is 8.05. The number of hydrogen-bond donors (Lipinski definition) is 1. The molecule has 2 aromatic rings. The van der Waals surface area contributed by atoms with Crippen molar-refractivity contribution in [3.8, 4) is 22.6 Å². The number of hydrazone groups is 1. The molecule has 1 saturated carbocycles. The van der Waals surface area contributed by atoms with E-state index in [1.54, 1.807) is 38.4 Å². The molecule has 0 atom stereocenters. The number of rotatable bonds is 8. The Hall–Kier alpha value is -2.80. The first-order chi connectivity index (χ1) is 13.9. The topological polar surface area (TPSA) is 63.2 Å². The molecule has 29 heavy (non-hydrogen) atoms. The quantitative estimate of drug-likeness (QED) is 0.304. The van der Waals surface area contributed by atoms with Gasteiger partial charge in [-0.25, -0.2) is 4.39 Å². The van der Waals surface area contributed by atoms with Crippen LogP contribution < -0.4 is 14.9 Å². The number of aryl methyl sites for hydroxylation is 1. The normalized spacial score (nSPS) is 13.8. The largest absolute Gasteiger partial charge is 0.490 e. The van der Waals surface area contributed by atoms with Gasteiger partial charge in [-0.2, -0.15) is 5.10 Å². The molecule has 1 fully saturated rings. The Morgan fingerprint density at radius 3 is 2.76 bits per heavy atom. The van der Waals surface area contributed by atoms with Crippen LogP contribution in [-0.4, -0.2) is 44.0 Å². The Bertz CT molecular complexity index is 932. The van der Waals surface area contributed by atoms with Gasteiger partial charge in [0.15, 0.2) is 5.84 Å². The molecule has 0 spiro atoms. The van der Waals surface area contributed by atoms with E-state index in [0.717, 1.165) is 18.4 Å². The Morgan fingerprint density at radius 1 is 1.34 bits per heavy atom. The number of nitrogens with zero attached hydrogens (tertiary/aromatic N) is 2. The van der Waals surface area contributed by atoms with E-state index in [1.165, 1.54) is 11.0 Å². The van der Waals surface area contributed by atoms with E-state index >= 15 is 0 Å². The lowest BCUT2D eigenvalue weighted by molar-refractivity contribution is -0.114. The zero-order valence-corrected chi connectivity index (χ0v) is 17.3. The highest BCUT2D eigenvalue weighted by Crippen LogP contribution is 2.38. The number of amides is 1. The minimum atomic E-state index is -0.410. The van der Waals surface area contributed by atoms with Crippen molar-refractivity contribution in [2.45, 2.75) is 25.9 Å². The lowest BCUT2D eigenvalue weighted by Crippen LogP contribution is -2.32. The van der Waals surface area contributed by atoms with Gasteiger partial charge in [-0.15, -0.1) is 0 Å². The molecule has 0 aliphatic heterocycles. The zero-order valence-electron chi connectivity index (χ0n) is 16.5. The van der Waals surface area contributed by atoms with Gasteiger partial charge in [0, 0.05) is 30.2 Å². The average molecular weight is 420 g/mol. The van der Waals surface area contributed by atoms with Gasteiger partial charge >= 0.3 is 0 Å². The number of ether oxygens (including phenoxy) is 2. The molecule has 154 valence electrons. The highest BCUT2D eigenvalue weighted by atomic mass is 35.5. The summed E-state index contributed by atoms with van der Waals surface area (Å²) in [7, 11) is 3.19. The molecule has 6 nitrogen and oxygen atoms in total. The van der Waals surface area contributed by atoms with E-state index in [4.69, 9.17) is 21.1 Å². The summed E-state index contributed by atoms with van der Waals surface area (Å²) in [6.45, 7) is 1.84. The molecule has 1 aliphatic carbocycles. The highest BCUT2D eigenvalue weighted by molar-refractivity contribution is 6.31. The SMILES string of the molecule is CN/N=C(/COc1cc(C)c(Cl)cc1-c1cc(OC2CC2)ccc1F)N(C)C=O. The summed E-state index contributed by atoms with van der Waals surface area (Å²) in [5.74, 6) is 0.988. The maximum absolute atomic E-state index is 14.7. The molecule has 0 heterocycles. The van der Waals surface area contributed by atoms with Crippen LogP contribution in [0.4, 0.5) is 4.39 Å². The first-order valence-electron chi connectivity index (χ1n) is 9.24. The number of halogens is 2. The van der Waals surface area contributed by atoms with Gasteiger partial charge in [-0.3, -0.25) is 4.79 Å². The van der Waals surface area contributed by atoms with Crippen molar-refractivity contribution in [1.29, 1.82) is 0 Å². The zero-order chi connectivity index (χ0) is 21.0. The van der Waals surface area contributed by atoms with Crippen molar-refractivity contribution < 1.29 is 18.7 Å². The minimum Gasteiger partial charge on any atom is -0.490 e. The molecule has 0 saturated heterocycles. The summed E-state index contributed by atoms with van der Waals surface area (Å²) in [4.78, 5) is 12.4. The second kappa shape index (κ2) is 9.13. The first kappa shape index (κ1) is 20.9. The number of nitrogens with one attached hydrogen (secondary N) is 1. The van der Waals surface area contributed by atoms with E-state index in [1.807, 2.05) is 6.92 Å². The molecule has 3 rings (SSSR count). The fraction of sp³-hybridized carbons (Fsp3) is 0.333. The molecule has 1 N–H and O–H groups in total. The lowest BCUT2D eigenvalue weighted by Gasteiger charge is -2.18. The van der Waals surface area contributed by atoms with E-state index in [0.29, 0.717) is 39.9 Å². The van der Waals surface area contributed by atoms with E-state index < -0.39 is 5.82 Å². The van der Waals surface area contributed by atoms with Crippen LogP contribution in [0.15, 0.2) is 35.4 Å². The Kier molecular flexibility index (Phi) is 6.59. The second-order valence-electron chi connectivity index (χ2n) is 6.81. The van der Waals surface area contributed by atoms with Gasteiger partial charge in [0.2, 0.25) is 6.41 Å². The minimum absolute atomic E-state index is 0.00400. The molecule has 0 bridgehead atoms. The highest BCUT2D eigenvalue weighted by Gasteiger charge is 2.24. The van der Waals surface area contributed by atoms with Crippen molar-refractivity contribution in [3.05, 3.63) is 46.7 Å². The van der Waals surface area contributed by atoms with Crippen molar-refractivity contribution in [3.63, 3.8) is 0 Å². The third-order valence-corrected chi connectivity index (χ3v) is 4.89. The maximum Gasteiger partial charge on any atom is 0.214 e. The van der Waals surface area contributed by atoms with Gasteiger partial charge in [-0.05, 0) is 55.7 Å². The van der Waals surface area contributed by atoms with Gasteiger partial charge in [-0.1, -0.05) is 11.6 Å². The molecule has 8 heteroatoms. The number of carbonyl (C=O) groups excluding carboxylic acids is 1. The van der Waals surface area contributed by atoms with Crippen LogP contribution in [-0.2, 0) is 4.79 Å². The molecular weight excluding hydrogens is 397 g/mol. The predicted octanol–water partition coefficient (Wildman–Crippen LogP) is 4.00.